The van der Waals surface area contributed by atoms with Crippen LogP contribution in [0, 0.1) is 5.92 Å². The average Bonchev–Trinajstić information content (AvgIpc) is 2.97. The zero-order valence-electron chi connectivity index (χ0n) is 10.9. The number of nitrogens with two attached hydrogens (primary N) is 1. The highest BCUT2D eigenvalue weighted by molar-refractivity contribution is 7.12. The van der Waals surface area contributed by atoms with Crippen LogP contribution in [0.3, 0.4) is 0 Å². The van der Waals surface area contributed by atoms with Crippen molar-refractivity contribution < 1.29 is 5.11 Å². The van der Waals surface area contributed by atoms with Gasteiger partial charge in [-0.2, -0.15) is 0 Å². The van der Waals surface area contributed by atoms with Crippen LogP contribution in [0.1, 0.15) is 59.9 Å². The molecule has 18 heavy (non-hydrogen) atoms. The first-order chi connectivity index (χ1) is 8.74. The maximum atomic E-state index is 10.00. The molecule has 1 heterocycles. The topological polar surface area (TPSA) is 46.2 Å². The lowest BCUT2D eigenvalue weighted by atomic mass is 9.93. The molecule has 1 aromatic heterocycles. The van der Waals surface area contributed by atoms with Gasteiger partial charge in [0.1, 0.15) is 0 Å². The van der Waals surface area contributed by atoms with Gasteiger partial charge in [-0.15, -0.1) is 11.3 Å². The maximum absolute atomic E-state index is 10.00. The summed E-state index contributed by atoms with van der Waals surface area (Å²) in [6.45, 7) is 0. The van der Waals surface area contributed by atoms with Crippen molar-refractivity contribution >= 4 is 11.3 Å². The molecule has 3 N–H and O–H groups in total. The van der Waals surface area contributed by atoms with Gasteiger partial charge in [0.2, 0.25) is 0 Å². The van der Waals surface area contributed by atoms with E-state index in [1.54, 1.807) is 0 Å². The van der Waals surface area contributed by atoms with Gasteiger partial charge in [0.25, 0.3) is 0 Å². The molecule has 0 aliphatic heterocycles. The largest absolute Gasteiger partial charge is 0.388 e. The van der Waals surface area contributed by atoms with Crippen molar-refractivity contribution in [2.75, 3.05) is 0 Å². The number of thiophene rings is 1. The molecule has 3 rings (SSSR count). The van der Waals surface area contributed by atoms with E-state index in [1.165, 1.54) is 41.0 Å². The van der Waals surface area contributed by atoms with Gasteiger partial charge in [-0.05, 0) is 56.1 Å². The monoisotopic (exact) mass is 265 g/mol. The first kappa shape index (κ1) is 12.6. The second kappa shape index (κ2) is 5.32. The van der Waals surface area contributed by atoms with Gasteiger partial charge in [-0.3, -0.25) is 0 Å². The van der Waals surface area contributed by atoms with Crippen LogP contribution in [0.2, 0.25) is 0 Å². The van der Waals surface area contributed by atoms with E-state index in [0.29, 0.717) is 6.04 Å². The van der Waals surface area contributed by atoms with Crippen molar-refractivity contribution in [2.45, 2.75) is 63.5 Å². The Morgan fingerprint density at radius 1 is 1.28 bits per heavy atom. The molecular formula is C15H23NOS. The average molecular weight is 265 g/mol. The summed E-state index contributed by atoms with van der Waals surface area (Å²) in [5.41, 5.74) is 7.54. The third kappa shape index (κ3) is 2.49. The van der Waals surface area contributed by atoms with Gasteiger partial charge in [0.05, 0.1) is 6.10 Å². The SMILES string of the molecule is NC(Cc1cc2c(s1)CCCC2O)C1CCCC1. The van der Waals surface area contributed by atoms with Crippen molar-refractivity contribution in [1.29, 1.82) is 0 Å². The van der Waals surface area contributed by atoms with E-state index in [4.69, 9.17) is 5.73 Å². The molecule has 0 amide bonds. The van der Waals surface area contributed by atoms with E-state index in [0.717, 1.165) is 31.6 Å². The summed E-state index contributed by atoms with van der Waals surface area (Å²) in [5, 5.41) is 10.00. The van der Waals surface area contributed by atoms with Crippen LogP contribution in [0.4, 0.5) is 0 Å². The highest BCUT2D eigenvalue weighted by Gasteiger charge is 2.25. The molecule has 0 spiro atoms. The Kier molecular flexibility index (Phi) is 3.73. The Morgan fingerprint density at radius 2 is 2.06 bits per heavy atom. The number of fused-ring (bicyclic) bond motifs is 1. The highest BCUT2D eigenvalue weighted by Crippen LogP contribution is 2.37. The number of hydrogen-bond acceptors (Lipinski definition) is 3. The molecule has 0 radical (unpaired) electrons. The Balaban J connectivity index is 1.69. The Bertz CT molecular complexity index is 409. The number of aliphatic hydroxyl groups excluding tert-OH is 1. The molecule has 0 aromatic carbocycles. The minimum absolute atomic E-state index is 0.221. The highest BCUT2D eigenvalue weighted by atomic mass is 32.1. The molecular weight excluding hydrogens is 242 g/mol. The third-order valence-corrected chi connectivity index (χ3v) is 5.81. The molecule has 1 saturated carbocycles. The summed E-state index contributed by atoms with van der Waals surface area (Å²) >= 11 is 1.89. The van der Waals surface area contributed by atoms with Crippen molar-refractivity contribution in [3.8, 4) is 0 Å². The van der Waals surface area contributed by atoms with Crippen LogP contribution in [0.5, 0.6) is 0 Å². The van der Waals surface area contributed by atoms with Gasteiger partial charge in [-0.1, -0.05) is 12.8 Å². The smallest absolute Gasteiger partial charge is 0.0801 e. The fourth-order valence-corrected chi connectivity index (χ4v) is 4.81. The first-order valence-electron chi connectivity index (χ1n) is 7.29. The minimum Gasteiger partial charge on any atom is -0.388 e. The van der Waals surface area contributed by atoms with Crippen LogP contribution in [0.25, 0.3) is 0 Å². The number of hydrogen-bond donors (Lipinski definition) is 2. The second-order valence-corrected chi connectivity index (χ2v) is 7.13. The van der Waals surface area contributed by atoms with Gasteiger partial charge >= 0.3 is 0 Å². The molecule has 2 atom stereocenters. The molecule has 1 aromatic rings. The maximum Gasteiger partial charge on any atom is 0.0801 e. The molecule has 2 nitrogen and oxygen atoms in total. The normalized spacial score (nSPS) is 26.2. The Morgan fingerprint density at radius 3 is 2.78 bits per heavy atom. The van der Waals surface area contributed by atoms with Gasteiger partial charge in [-0.25, -0.2) is 0 Å². The van der Waals surface area contributed by atoms with E-state index >= 15 is 0 Å². The van der Waals surface area contributed by atoms with E-state index in [9.17, 15) is 5.11 Å². The molecule has 0 bridgehead atoms. The number of aryl methyl sites for hydroxylation is 1. The van der Waals surface area contributed by atoms with Crippen LogP contribution in [0.15, 0.2) is 6.07 Å². The summed E-state index contributed by atoms with van der Waals surface area (Å²) in [6, 6.07) is 2.54. The fraction of sp³-hybridized carbons (Fsp3) is 0.733. The fourth-order valence-electron chi connectivity index (χ4n) is 3.47. The van der Waals surface area contributed by atoms with Gasteiger partial charge in [0.15, 0.2) is 0 Å². The van der Waals surface area contributed by atoms with Crippen molar-refractivity contribution in [1.82, 2.24) is 0 Å². The zero-order chi connectivity index (χ0) is 12.5. The summed E-state index contributed by atoms with van der Waals surface area (Å²) in [4.78, 5) is 2.79. The standard InChI is InChI=1S/C15H23NOS/c16-13(10-4-1-2-5-10)9-11-8-12-14(17)6-3-7-15(12)18-11/h8,10,13-14,17H,1-7,9,16H2. The first-order valence-corrected chi connectivity index (χ1v) is 8.11. The molecule has 2 aliphatic rings. The van der Waals surface area contributed by atoms with E-state index < -0.39 is 0 Å². The predicted octanol–water partition coefficient (Wildman–Crippen LogP) is 3.18. The van der Waals surface area contributed by atoms with Crippen LogP contribution < -0.4 is 5.73 Å². The minimum atomic E-state index is -0.221. The van der Waals surface area contributed by atoms with E-state index in [1.807, 2.05) is 11.3 Å². The van der Waals surface area contributed by atoms with E-state index in [-0.39, 0.29) is 6.10 Å². The molecule has 1 fully saturated rings. The van der Waals surface area contributed by atoms with Crippen molar-refractivity contribution in [3.05, 3.63) is 21.4 Å². The quantitative estimate of drug-likeness (QED) is 0.881. The Hall–Kier alpha value is -0.380. The van der Waals surface area contributed by atoms with Crippen molar-refractivity contribution in [3.63, 3.8) is 0 Å². The molecule has 100 valence electrons. The van der Waals surface area contributed by atoms with Crippen molar-refractivity contribution in [2.24, 2.45) is 11.7 Å². The lowest BCUT2D eigenvalue weighted by molar-refractivity contribution is 0.157. The van der Waals surface area contributed by atoms with Crippen LogP contribution in [-0.4, -0.2) is 11.1 Å². The molecule has 3 heteroatoms. The number of aliphatic hydroxyl groups is 1. The molecule has 2 unspecified atom stereocenters. The third-order valence-electron chi connectivity index (χ3n) is 4.58. The van der Waals surface area contributed by atoms with Crippen LogP contribution >= 0.6 is 11.3 Å². The Labute approximate surface area is 113 Å². The summed E-state index contributed by atoms with van der Waals surface area (Å²) in [5.74, 6) is 0.731. The molecule has 2 aliphatic carbocycles. The summed E-state index contributed by atoms with van der Waals surface area (Å²) in [6.07, 6.45) is 9.34. The van der Waals surface area contributed by atoms with Gasteiger partial charge < -0.3 is 10.8 Å². The summed E-state index contributed by atoms with van der Waals surface area (Å²) in [7, 11) is 0. The van der Waals surface area contributed by atoms with Crippen LogP contribution in [-0.2, 0) is 12.8 Å². The van der Waals surface area contributed by atoms with E-state index in [2.05, 4.69) is 6.07 Å². The second-order valence-electron chi connectivity index (χ2n) is 5.91. The predicted molar refractivity (Wildman–Crippen MR) is 75.9 cm³/mol. The molecule has 0 saturated heterocycles. The lowest BCUT2D eigenvalue weighted by Crippen LogP contribution is -2.30. The lowest BCUT2D eigenvalue weighted by Gasteiger charge is -2.17. The van der Waals surface area contributed by atoms with Gasteiger partial charge in [0, 0.05) is 15.8 Å². The zero-order valence-corrected chi connectivity index (χ0v) is 11.7. The summed E-state index contributed by atoms with van der Waals surface area (Å²) < 4.78 is 0. The number of rotatable bonds is 3.